The largest absolute Gasteiger partial charge is 0.496 e. The molecule has 0 aliphatic heterocycles. The minimum absolute atomic E-state index is 0.336. The van der Waals surface area contributed by atoms with E-state index in [1.54, 1.807) is 30.3 Å². The van der Waals surface area contributed by atoms with E-state index < -0.39 is 0 Å². The van der Waals surface area contributed by atoms with Gasteiger partial charge in [0.15, 0.2) is 0 Å². The highest BCUT2D eigenvalue weighted by atomic mass is 16.5. The van der Waals surface area contributed by atoms with Crippen LogP contribution < -0.4 is 10.2 Å². The minimum atomic E-state index is -0.336. The summed E-state index contributed by atoms with van der Waals surface area (Å²) in [4.78, 5) is 11.9. The van der Waals surface area contributed by atoms with Gasteiger partial charge < -0.3 is 9.15 Å². The van der Waals surface area contributed by atoms with Crippen LogP contribution in [0.3, 0.4) is 0 Å². The first-order valence-electron chi connectivity index (χ1n) is 5.73. The molecule has 1 amide bonds. The van der Waals surface area contributed by atoms with Gasteiger partial charge in [-0.3, -0.25) is 4.79 Å². The topological polar surface area (TPSA) is 63.8 Å². The first-order valence-corrected chi connectivity index (χ1v) is 5.73. The molecule has 1 N–H and O–H groups in total. The maximum atomic E-state index is 11.9. The third kappa shape index (κ3) is 3.22. The van der Waals surface area contributed by atoms with E-state index >= 15 is 0 Å². The molecule has 0 unspecified atom stereocenters. The summed E-state index contributed by atoms with van der Waals surface area (Å²) in [6.45, 7) is 1.84. The van der Waals surface area contributed by atoms with E-state index in [1.807, 2.05) is 13.0 Å². The van der Waals surface area contributed by atoms with Crippen LogP contribution in [0.15, 0.2) is 45.9 Å². The van der Waals surface area contributed by atoms with Crippen LogP contribution in [0.4, 0.5) is 0 Å². The molecule has 0 saturated heterocycles. The van der Waals surface area contributed by atoms with Gasteiger partial charge in [-0.05, 0) is 31.2 Å². The van der Waals surface area contributed by atoms with Crippen LogP contribution in [0.2, 0.25) is 0 Å². The number of nitrogens with zero attached hydrogens (tertiary/aromatic N) is 1. The SMILES string of the molecule is COc1ccccc1C(=O)NN=Cc1ccc(C)o1. The Morgan fingerprint density at radius 3 is 2.79 bits per heavy atom. The Labute approximate surface area is 110 Å². The number of hydrogen-bond acceptors (Lipinski definition) is 4. The molecular weight excluding hydrogens is 244 g/mol. The van der Waals surface area contributed by atoms with E-state index in [2.05, 4.69) is 10.5 Å². The van der Waals surface area contributed by atoms with Gasteiger partial charge in [0.25, 0.3) is 5.91 Å². The molecule has 1 aromatic heterocycles. The van der Waals surface area contributed by atoms with Crippen LogP contribution in [-0.4, -0.2) is 19.2 Å². The number of aryl methyl sites for hydroxylation is 1. The van der Waals surface area contributed by atoms with Crippen molar-refractivity contribution in [3.8, 4) is 5.75 Å². The normalized spacial score (nSPS) is 10.6. The lowest BCUT2D eigenvalue weighted by atomic mass is 10.2. The molecule has 0 atom stereocenters. The van der Waals surface area contributed by atoms with Crippen LogP contribution in [0.5, 0.6) is 5.75 Å². The summed E-state index contributed by atoms with van der Waals surface area (Å²) < 4.78 is 10.4. The number of hydrazone groups is 1. The Bertz CT molecular complexity index is 602. The summed E-state index contributed by atoms with van der Waals surface area (Å²) in [5, 5.41) is 3.83. The number of rotatable bonds is 4. The van der Waals surface area contributed by atoms with Crippen LogP contribution in [-0.2, 0) is 0 Å². The zero-order chi connectivity index (χ0) is 13.7. The van der Waals surface area contributed by atoms with E-state index in [0.717, 1.165) is 5.76 Å². The number of hydrogen-bond donors (Lipinski definition) is 1. The number of carbonyl (C=O) groups excluding carboxylic acids is 1. The highest BCUT2D eigenvalue weighted by Gasteiger charge is 2.09. The average molecular weight is 258 g/mol. The maximum Gasteiger partial charge on any atom is 0.275 e. The summed E-state index contributed by atoms with van der Waals surface area (Å²) in [6, 6.07) is 10.5. The molecule has 0 radical (unpaired) electrons. The monoisotopic (exact) mass is 258 g/mol. The lowest BCUT2D eigenvalue weighted by molar-refractivity contribution is 0.0952. The highest BCUT2D eigenvalue weighted by Crippen LogP contribution is 2.16. The lowest BCUT2D eigenvalue weighted by Crippen LogP contribution is -2.18. The zero-order valence-corrected chi connectivity index (χ0v) is 10.7. The highest BCUT2D eigenvalue weighted by molar-refractivity contribution is 5.97. The van der Waals surface area contributed by atoms with Gasteiger partial charge in [0.2, 0.25) is 0 Å². The first kappa shape index (κ1) is 12.9. The lowest BCUT2D eigenvalue weighted by Gasteiger charge is -2.05. The average Bonchev–Trinajstić information content (AvgIpc) is 2.84. The van der Waals surface area contributed by atoms with Crippen molar-refractivity contribution >= 4 is 12.1 Å². The second-order valence-corrected chi connectivity index (χ2v) is 3.85. The summed E-state index contributed by atoms with van der Waals surface area (Å²) in [5.74, 6) is 1.54. The Morgan fingerprint density at radius 2 is 2.11 bits per heavy atom. The van der Waals surface area contributed by atoms with E-state index in [4.69, 9.17) is 9.15 Å². The van der Waals surface area contributed by atoms with Gasteiger partial charge in [-0.25, -0.2) is 5.43 Å². The van der Waals surface area contributed by atoms with Gasteiger partial charge in [0.1, 0.15) is 17.3 Å². The standard InChI is InChI=1S/C14H14N2O3/c1-10-7-8-11(19-10)9-15-16-14(17)12-5-3-4-6-13(12)18-2/h3-9H,1-2H3,(H,16,17). The molecule has 0 saturated carbocycles. The van der Waals surface area contributed by atoms with Crippen LogP contribution in [0.1, 0.15) is 21.9 Å². The Hall–Kier alpha value is -2.56. The third-order valence-corrected chi connectivity index (χ3v) is 2.47. The van der Waals surface area contributed by atoms with E-state index in [-0.39, 0.29) is 5.91 Å². The van der Waals surface area contributed by atoms with Crippen LogP contribution in [0.25, 0.3) is 0 Å². The first-order chi connectivity index (χ1) is 9.20. The molecule has 1 heterocycles. The number of para-hydroxylation sites is 1. The number of amides is 1. The molecule has 2 aromatic rings. The molecule has 0 spiro atoms. The Balaban J connectivity index is 2.03. The zero-order valence-electron chi connectivity index (χ0n) is 10.7. The Morgan fingerprint density at radius 1 is 1.32 bits per heavy atom. The Kier molecular flexibility index (Phi) is 3.97. The van der Waals surface area contributed by atoms with Gasteiger partial charge in [0.05, 0.1) is 18.9 Å². The van der Waals surface area contributed by atoms with Crippen molar-refractivity contribution in [2.75, 3.05) is 7.11 Å². The van der Waals surface area contributed by atoms with E-state index in [9.17, 15) is 4.79 Å². The second-order valence-electron chi connectivity index (χ2n) is 3.85. The quantitative estimate of drug-likeness (QED) is 0.676. The van der Waals surface area contributed by atoms with Crippen molar-refractivity contribution in [3.05, 3.63) is 53.5 Å². The number of carbonyl (C=O) groups is 1. The number of furan rings is 1. The molecule has 0 aliphatic rings. The second kappa shape index (κ2) is 5.86. The van der Waals surface area contributed by atoms with Crippen molar-refractivity contribution in [2.45, 2.75) is 6.92 Å². The molecule has 0 fully saturated rings. The molecule has 19 heavy (non-hydrogen) atoms. The van der Waals surface area contributed by atoms with Gasteiger partial charge in [-0.15, -0.1) is 0 Å². The fourth-order valence-corrected chi connectivity index (χ4v) is 1.57. The smallest absolute Gasteiger partial charge is 0.275 e. The summed E-state index contributed by atoms with van der Waals surface area (Å²) in [7, 11) is 1.51. The molecule has 98 valence electrons. The molecular formula is C14H14N2O3. The number of ether oxygens (including phenoxy) is 1. The number of benzene rings is 1. The van der Waals surface area contributed by atoms with E-state index in [0.29, 0.717) is 17.1 Å². The van der Waals surface area contributed by atoms with Gasteiger partial charge in [-0.1, -0.05) is 12.1 Å². The molecule has 5 nitrogen and oxygen atoms in total. The maximum absolute atomic E-state index is 11.9. The molecule has 0 bridgehead atoms. The predicted octanol–water partition coefficient (Wildman–Crippen LogP) is 2.36. The number of methoxy groups -OCH3 is 1. The van der Waals surface area contributed by atoms with Gasteiger partial charge in [0, 0.05) is 0 Å². The molecule has 0 aliphatic carbocycles. The van der Waals surface area contributed by atoms with Crippen molar-refractivity contribution in [1.82, 2.24) is 5.43 Å². The fourth-order valence-electron chi connectivity index (χ4n) is 1.57. The summed E-state index contributed by atoms with van der Waals surface area (Å²) >= 11 is 0. The number of nitrogens with one attached hydrogen (secondary N) is 1. The molecule has 1 aromatic carbocycles. The van der Waals surface area contributed by atoms with Crippen molar-refractivity contribution in [1.29, 1.82) is 0 Å². The summed E-state index contributed by atoms with van der Waals surface area (Å²) in [5.41, 5.74) is 2.85. The van der Waals surface area contributed by atoms with Crippen molar-refractivity contribution in [2.24, 2.45) is 5.10 Å². The van der Waals surface area contributed by atoms with Gasteiger partial charge in [-0.2, -0.15) is 5.10 Å². The molecule has 5 heteroatoms. The van der Waals surface area contributed by atoms with Crippen molar-refractivity contribution in [3.63, 3.8) is 0 Å². The molecule has 2 rings (SSSR count). The predicted molar refractivity (Wildman–Crippen MR) is 71.5 cm³/mol. The van der Waals surface area contributed by atoms with E-state index in [1.165, 1.54) is 13.3 Å². The van der Waals surface area contributed by atoms with Gasteiger partial charge >= 0.3 is 0 Å². The van der Waals surface area contributed by atoms with Crippen molar-refractivity contribution < 1.29 is 13.9 Å². The minimum Gasteiger partial charge on any atom is -0.496 e. The van der Waals surface area contributed by atoms with Crippen LogP contribution >= 0.6 is 0 Å². The van der Waals surface area contributed by atoms with Crippen LogP contribution in [0, 0.1) is 6.92 Å². The summed E-state index contributed by atoms with van der Waals surface area (Å²) in [6.07, 6.45) is 1.44. The fraction of sp³-hybridized carbons (Fsp3) is 0.143. The third-order valence-electron chi connectivity index (χ3n) is 2.47.